The van der Waals surface area contributed by atoms with E-state index in [1.165, 1.54) is 32.1 Å². The molecule has 0 radical (unpaired) electrons. The van der Waals surface area contributed by atoms with Gasteiger partial charge in [-0.15, -0.1) is 0 Å². The molecule has 3 nitrogen and oxygen atoms in total. The first-order valence-corrected chi connectivity index (χ1v) is 6.52. The van der Waals surface area contributed by atoms with Crippen LogP contribution in [0.3, 0.4) is 0 Å². The smallest absolute Gasteiger partial charge is 0.336 e. The number of carboxylic acids is 1. The summed E-state index contributed by atoms with van der Waals surface area (Å²) in [4.78, 5) is 11.2. The molecule has 88 valence electrons. The lowest BCUT2D eigenvalue weighted by Gasteiger charge is -2.56. The van der Waals surface area contributed by atoms with Gasteiger partial charge in [0.25, 0.3) is 0 Å². The van der Waals surface area contributed by atoms with Gasteiger partial charge in [0.2, 0.25) is 0 Å². The van der Waals surface area contributed by atoms with Gasteiger partial charge in [-0.25, -0.2) is 4.79 Å². The number of hydrogen-bond acceptors (Lipinski definition) is 2. The number of aliphatic carboxylic acids is 1. The third-order valence-electron chi connectivity index (χ3n) is 6.14. The zero-order valence-electron chi connectivity index (χ0n) is 9.35. The summed E-state index contributed by atoms with van der Waals surface area (Å²) in [5.41, 5.74) is -1.58. The van der Waals surface area contributed by atoms with Crippen molar-refractivity contribution >= 4 is 5.97 Å². The van der Waals surface area contributed by atoms with Gasteiger partial charge < -0.3 is 10.2 Å². The topological polar surface area (TPSA) is 57.5 Å². The maximum Gasteiger partial charge on any atom is 0.336 e. The summed E-state index contributed by atoms with van der Waals surface area (Å²) in [7, 11) is 0. The summed E-state index contributed by atoms with van der Waals surface area (Å²) in [6.45, 7) is 0. The average molecular weight is 222 g/mol. The van der Waals surface area contributed by atoms with Crippen LogP contribution in [-0.2, 0) is 4.79 Å². The average Bonchev–Trinajstić information content (AvgIpc) is 2.84. The van der Waals surface area contributed by atoms with Crippen molar-refractivity contribution in [1.29, 1.82) is 0 Å². The van der Waals surface area contributed by atoms with Gasteiger partial charge in [-0.2, -0.15) is 0 Å². The van der Waals surface area contributed by atoms with Crippen LogP contribution in [0.4, 0.5) is 0 Å². The standard InChI is InChI=1S/C13H18O3/c14-11(15)13(16)6-12(13)9-2-7-1-8(4-9)5-10(12)3-7/h7-10,16H,1-6H2,(H,14,15). The molecule has 0 aromatic carbocycles. The minimum atomic E-state index is -1.37. The van der Waals surface area contributed by atoms with E-state index in [2.05, 4.69) is 0 Å². The maximum atomic E-state index is 11.2. The number of carbonyl (C=O) groups is 1. The zero-order valence-corrected chi connectivity index (χ0v) is 9.35. The Labute approximate surface area is 94.8 Å². The van der Waals surface area contributed by atoms with Crippen molar-refractivity contribution in [3.63, 3.8) is 0 Å². The summed E-state index contributed by atoms with van der Waals surface area (Å²) < 4.78 is 0. The second-order valence-electron chi connectivity index (χ2n) is 6.69. The summed E-state index contributed by atoms with van der Waals surface area (Å²) in [6.07, 6.45) is 6.63. The zero-order chi connectivity index (χ0) is 11.1. The molecule has 5 aliphatic carbocycles. The van der Waals surface area contributed by atoms with Crippen molar-refractivity contribution < 1.29 is 15.0 Å². The molecule has 0 amide bonds. The van der Waals surface area contributed by atoms with Crippen LogP contribution < -0.4 is 0 Å². The highest BCUT2D eigenvalue weighted by atomic mass is 16.4. The van der Waals surface area contributed by atoms with Crippen LogP contribution in [0.1, 0.15) is 38.5 Å². The monoisotopic (exact) mass is 222 g/mol. The lowest BCUT2D eigenvalue weighted by atomic mass is 9.49. The second kappa shape index (κ2) is 2.47. The summed E-state index contributed by atoms with van der Waals surface area (Å²) in [5, 5.41) is 19.5. The molecule has 1 spiro atoms. The van der Waals surface area contributed by atoms with Crippen molar-refractivity contribution in [2.24, 2.45) is 29.1 Å². The van der Waals surface area contributed by atoms with E-state index < -0.39 is 11.6 Å². The van der Waals surface area contributed by atoms with E-state index in [-0.39, 0.29) is 5.41 Å². The minimum Gasteiger partial charge on any atom is -0.479 e. The molecule has 5 fully saturated rings. The lowest BCUT2D eigenvalue weighted by molar-refractivity contribution is -0.161. The molecular formula is C13H18O3. The van der Waals surface area contributed by atoms with Gasteiger partial charge in [-0.3, -0.25) is 0 Å². The Morgan fingerprint density at radius 2 is 1.50 bits per heavy atom. The highest BCUT2D eigenvalue weighted by Crippen LogP contribution is 2.76. The maximum absolute atomic E-state index is 11.2. The molecule has 2 N–H and O–H groups in total. The predicted octanol–water partition coefficient (Wildman–Crippen LogP) is 1.65. The molecule has 0 aromatic heterocycles. The number of carboxylic acid groups (broad SMARTS) is 1. The Bertz CT molecular complexity index is 347. The van der Waals surface area contributed by atoms with Crippen LogP contribution in [0.25, 0.3) is 0 Å². The molecular weight excluding hydrogens is 204 g/mol. The van der Waals surface area contributed by atoms with Crippen LogP contribution in [-0.4, -0.2) is 21.8 Å². The van der Waals surface area contributed by atoms with Crippen LogP contribution in [0, 0.1) is 29.1 Å². The molecule has 3 heteroatoms. The summed E-state index contributed by atoms with van der Waals surface area (Å²) >= 11 is 0. The summed E-state index contributed by atoms with van der Waals surface area (Å²) in [5.74, 6) is 1.72. The number of hydrogen-bond donors (Lipinski definition) is 2. The van der Waals surface area contributed by atoms with Crippen molar-refractivity contribution in [1.82, 2.24) is 0 Å². The second-order valence-corrected chi connectivity index (χ2v) is 6.69. The molecule has 5 saturated carbocycles. The molecule has 4 bridgehead atoms. The molecule has 0 aromatic rings. The van der Waals surface area contributed by atoms with Gasteiger partial charge >= 0.3 is 5.97 Å². The third-order valence-corrected chi connectivity index (χ3v) is 6.14. The minimum absolute atomic E-state index is 0.216. The molecule has 0 saturated heterocycles. The van der Waals surface area contributed by atoms with Gasteiger partial charge in [-0.05, 0) is 62.2 Å². The summed E-state index contributed by atoms with van der Waals surface area (Å²) in [6, 6.07) is 0. The molecule has 16 heavy (non-hydrogen) atoms. The van der Waals surface area contributed by atoms with E-state index in [0.29, 0.717) is 18.3 Å². The first-order chi connectivity index (χ1) is 7.56. The number of aliphatic hydroxyl groups is 1. The largest absolute Gasteiger partial charge is 0.479 e. The molecule has 0 heterocycles. The van der Waals surface area contributed by atoms with Gasteiger partial charge in [0.1, 0.15) is 0 Å². The quantitative estimate of drug-likeness (QED) is 0.709. The van der Waals surface area contributed by atoms with E-state index in [9.17, 15) is 15.0 Å². The SMILES string of the molecule is O=C(O)C1(O)CC12C1CC3CC(C1)CC2C3. The molecule has 5 rings (SSSR count). The van der Waals surface area contributed by atoms with E-state index in [4.69, 9.17) is 0 Å². The van der Waals surface area contributed by atoms with Crippen LogP contribution >= 0.6 is 0 Å². The third kappa shape index (κ3) is 0.816. The van der Waals surface area contributed by atoms with Gasteiger partial charge in [0.15, 0.2) is 5.60 Å². The van der Waals surface area contributed by atoms with Crippen molar-refractivity contribution in [2.45, 2.75) is 44.1 Å². The Morgan fingerprint density at radius 3 is 1.88 bits per heavy atom. The Balaban J connectivity index is 1.74. The Morgan fingerprint density at radius 1 is 1.00 bits per heavy atom. The molecule has 0 aliphatic heterocycles. The Kier molecular flexibility index (Phi) is 1.46. The van der Waals surface area contributed by atoms with Crippen LogP contribution in [0.15, 0.2) is 0 Å². The highest BCUT2D eigenvalue weighted by Gasteiger charge is 2.80. The fourth-order valence-electron chi connectivity index (χ4n) is 5.64. The molecule has 1 atom stereocenters. The molecule has 5 aliphatic rings. The van der Waals surface area contributed by atoms with Crippen LogP contribution in [0.2, 0.25) is 0 Å². The fourth-order valence-corrected chi connectivity index (χ4v) is 5.64. The van der Waals surface area contributed by atoms with E-state index in [1.807, 2.05) is 0 Å². The lowest BCUT2D eigenvalue weighted by Crippen LogP contribution is -2.51. The van der Waals surface area contributed by atoms with E-state index in [1.54, 1.807) is 0 Å². The first-order valence-electron chi connectivity index (χ1n) is 6.52. The van der Waals surface area contributed by atoms with Gasteiger partial charge in [0, 0.05) is 5.41 Å². The van der Waals surface area contributed by atoms with Crippen molar-refractivity contribution in [3.8, 4) is 0 Å². The normalized spacial score (nSPS) is 61.6. The van der Waals surface area contributed by atoms with Crippen molar-refractivity contribution in [3.05, 3.63) is 0 Å². The fraction of sp³-hybridized carbons (Fsp3) is 0.923. The number of rotatable bonds is 1. The highest BCUT2D eigenvalue weighted by molar-refractivity contribution is 5.83. The van der Waals surface area contributed by atoms with Gasteiger partial charge in [0.05, 0.1) is 0 Å². The molecule has 1 unspecified atom stereocenters. The van der Waals surface area contributed by atoms with E-state index >= 15 is 0 Å². The van der Waals surface area contributed by atoms with Crippen LogP contribution in [0.5, 0.6) is 0 Å². The predicted molar refractivity (Wildman–Crippen MR) is 56.7 cm³/mol. The Hall–Kier alpha value is -0.570. The van der Waals surface area contributed by atoms with E-state index in [0.717, 1.165) is 11.8 Å². The van der Waals surface area contributed by atoms with Crippen molar-refractivity contribution in [2.75, 3.05) is 0 Å². The van der Waals surface area contributed by atoms with Gasteiger partial charge in [-0.1, -0.05) is 0 Å². The first kappa shape index (κ1) is 9.46.